The first-order valence-electron chi connectivity index (χ1n) is 11.4. The normalized spacial score (nSPS) is 13.3. The van der Waals surface area contributed by atoms with E-state index in [2.05, 4.69) is 45.5 Å². The lowest BCUT2D eigenvalue weighted by Crippen LogP contribution is -2.23. The summed E-state index contributed by atoms with van der Waals surface area (Å²) in [5.74, 6) is 0.242. The van der Waals surface area contributed by atoms with Crippen LogP contribution in [-0.2, 0) is 23.3 Å². The summed E-state index contributed by atoms with van der Waals surface area (Å²) in [6.07, 6.45) is 1.55. The van der Waals surface area contributed by atoms with Gasteiger partial charge in [-0.05, 0) is 42.2 Å². The first-order chi connectivity index (χ1) is 16.3. The first-order valence-corrected chi connectivity index (χ1v) is 11.4. The molecule has 2 heterocycles. The first kappa shape index (κ1) is 23.5. The molecule has 1 aliphatic heterocycles. The Morgan fingerprint density at radius 2 is 1.82 bits per heavy atom. The Morgan fingerprint density at radius 1 is 1.12 bits per heavy atom. The summed E-state index contributed by atoms with van der Waals surface area (Å²) in [4.78, 5) is 17.3. The van der Waals surface area contributed by atoms with Crippen molar-refractivity contribution in [2.24, 2.45) is 15.4 Å². The molecule has 176 valence electrons. The monoisotopic (exact) mass is 459 g/mol. The molecule has 3 aromatic rings. The van der Waals surface area contributed by atoms with Gasteiger partial charge in [0.1, 0.15) is 23.7 Å². The molecule has 0 spiro atoms. The Kier molecular flexibility index (Phi) is 6.70. The molecule has 0 aliphatic carbocycles. The van der Waals surface area contributed by atoms with Gasteiger partial charge in [0.2, 0.25) is 0 Å². The molecule has 0 saturated heterocycles. The van der Waals surface area contributed by atoms with Crippen LogP contribution in [0.25, 0.3) is 11.1 Å². The van der Waals surface area contributed by atoms with Crippen LogP contribution in [0.1, 0.15) is 60.3 Å². The van der Waals surface area contributed by atoms with Crippen LogP contribution in [0.2, 0.25) is 0 Å². The van der Waals surface area contributed by atoms with Crippen molar-refractivity contribution in [1.82, 2.24) is 9.55 Å². The average molecular weight is 460 g/mol. The van der Waals surface area contributed by atoms with Crippen molar-refractivity contribution < 1.29 is 14.6 Å². The fourth-order valence-electron chi connectivity index (χ4n) is 4.13. The van der Waals surface area contributed by atoms with Gasteiger partial charge in [0.05, 0.1) is 12.8 Å². The predicted octanol–water partition coefficient (Wildman–Crippen LogP) is 4.73. The minimum atomic E-state index is -1.27. The fourth-order valence-corrected chi connectivity index (χ4v) is 4.13. The van der Waals surface area contributed by atoms with E-state index < -0.39 is 11.6 Å². The fraction of sp³-hybridized carbons (Fsp3) is 0.346. The minimum absolute atomic E-state index is 0.291. The highest BCUT2D eigenvalue weighted by Crippen LogP contribution is 2.29. The van der Waals surface area contributed by atoms with Gasteiger partial charge >= 0.3 is 5.97 Å². The quantitative estimate of drug-likeness (QED) is 0.492. The largest absolute Gasteiger partial charge is 0.464 e. The Hall–Kier alpha value is -3.65. The summed E-state index contributed by atoms with van der Waals surface area (Å²) < 4.78 is 6.91. The lowest BCUT2D eigenvalue weighted by Gasteiger charge is -2.17. The lowest BCUT2D eigenvalue weighted by atomic mass is 9.96. The number of hydrogen-bond acceptors (Lipinski definition) is 7. The van der Waals surface area contributed by atoms with Gasteiger partial charge in [-0.3, -0.25) is 0 Å². The van der Waals surface area contributed by atoms with E-state index in [0.29, 0.717) is 30.9 Å². The van der Waals surface area contributed by atoms with E-state index in [1.807, 2.05) is 34.9 Å². The summed E-state index contributed by atoms with van der Waals surface area (Å²) in [6, 6.07) is 16.3. The minimum Gasteiger partial charge on any atom is -0.464 e. The molecule has 0 atom stereocenters. The zero-order valence-electron chi connectivity index (χ0n) is 19.9. The molecule has 1 aliphatic rings. The van der Waals surface area contributed by atoms with Gasteiger partial charge in [-0.15, -0.1) is 5.10 Å². The maximum absolute atomic E-state index is 12.7. The smallest absolute Gasteiger partial charge is 0.356 e. The van der Waals surface area contributed by atoms with Gasteiger partial charge in [0.15, 0.2) is 5.69 Å². The second kappa shape index (κ2) is 9.69. The number of esters is 1. The molecule has 0 saturated carbocycles. The second-order valence-electron chi connectivity index (χ2n) is 8.79. The number of aryl methyl sites for hydroxylation is 1. The van der Waals surface area contributed by atoms with Crippen LogP contribution < -0.4 is 0 Å². The van der Waals surface area contributed by atoms with Crippen LogP contribution in [0.4, 0.5) is 0 Å². The van der Waals surface area contributed by atoms with Gasteiger partial charge in [0.25, 0.3) is 0 Å². The predicted molar refractivity (Wildman–Crippen MR) is 130 cm³/mol. The van der Waals surface area contributed by atoms with Gasteiger partial charge < -0.3 is 14.4 Å². The van der Waals surface area contributed by atoms with E-state index >= 15 is 0 Å². The molecule has 1 N–H and O–H groups in total. The number of methoxy groups -OCH3 is 1. The molecule has 8 nitrogen and oxygen atoms in total. The molecule has 0 fully saturated rings. The number of aromatic nitrogens is 2. The van der Waals surface area contributed by atoms with E-state index in [1.165, 1.54) is 7.11 Å². The van der Waals surface area contributed by atoms with Crippen LogP contribution in [-0.4, -0.2) is 40.0 Å². The van der Waals surface area contributed by atoms with Crippen LogP contribution in [0.5, 0.6) is 0 Å². The van der Waals surface area contributed by atoms with Gasteiger partial charge in [-0.1, -0.05) is 55.5 Å². The molecule has 4 rings (SSSR count). The molecule has 1 aromatic heterocycles. The Bertz CT molecular complexity index is 1250. The maximum Gasteiger partial charge on any atom is 0.356 e. The number of hydrogen-bond donors (Lipinski definition) is 1. The highest BCUT2D eigenvalue weighted by molar-refractivity contribution is 6.07. The molecule has 0 radical (unpaired) electrons. The van der Waals surface area contributed by atoms with Crippen LogP contribution in [0, 0.1) is 0 Å². The summed E-state index contributed by atoms with van der Waals surface area (Å²) in [5.41, 5.74) is 4.35. The zero-order valence-corrected chi connectivity index (χ0v) is 19.9. The summed E-state index contributed by atoms with van der Waals surface area (Å²) in [7, 11) is 1.34. The molecule has 0 amide bonds. The van der Waals surface area contributed by atoms with E-state index in [-0.39, 0.29) is 0 Å². The maximum atomic E-state index is 12.7. The molecule has 0 unspecified atom stereocenters. The van der Waals surface area contributed by atoms with Gasteiger partial charge in [0, 0.05) is 18.5 Å². The molecule has 34 heavy (non-hydrogen) atoms. The van der Waals surface area contributed by atoms with Crippen molar-refractivity contribution in [3.8, 4) is 11.1 Å². The van der Waals surface area contributed by atoms with E-state index in [1.54, 1.807) is 13.8 Å². The van der Waals surface area contributed by atoms with Crippen molar-refractivity contribution in [1.29, 1.82) is 0 Å². The van der Waals surface area contributed by atoms with Crippen molar-refractivity contribution in [3.63, 3.8) is 0 Å². The van der Waals surface area contributed by atoms with Gasteiger partial charge in [-0.25, -0.2) is 9.78 Å². The highest BCUT2D eigenvalue weighted by atomic mass is 16.5. The third kappa shape index (κ3) is 4.68. The molecular weight excluding hydrogens is 430 g/mol. The number of nitrogens with zero attached hydrogens (tertiary/aromatic N) is 5. The topological polar surface area (TPSA) is 101 Å². The van der Waals surface area contributed by atoms with Crippen molar-refractivity contribution >= 4 is 11.7 Å². The third-order valence-electron chi connectivity index (χ3n) is 5.77. The van der Waals surface area contributed by atoms with Crippen molar-refractivity contribution in [3.05, 3.63) is 76.9 Å². The molecule has 8 heteroatoms. The van der Waals surface area contributed by atoms with E-state index in [4.69, 9.17) is 4.74 Å². The highest BCUT2D eigenvalue weighted by Gasteiger charge is 2.32. The second-order valence-corrected chi connectivity index (χ2v) is 8.79. The SMILES string of the molecule is CCCc1nc(C(C)(C)O)c(C(=O)OC)n1Cc1ccc(-c2ccccc2C2=NN=NC2)cc1. The van der Waals surface area contributed by atoms with Crippen molar-refractivity contribution in [2.45, 2.75) is 45.8 Å². The van der Waals surface area contributed by atoms with Crippen molar-refractivity contribution in [2.75, 3.05) is 13.7 Å². The van der Waals surface area contributed by atoms with E-state index in [0.717, 1.165) is 40.2 Å². The number of benzene rings is 2. The Morgan fingerprint density at radius 3 is 2.41 bits per heavy atom. The Labute approximate surface area is 199 Å². The number of ether oxygens (including phenoxy) is 1. The number of aliphatic hydroxyl groups is 1. The Balaban J connectivity index is 1.70. The zero-order chi connectivity index (χ0) is 24.3. The molecule has 2 aromatic carbocycles. The van der Waals surface area contributed by atoms with Crippen LogP contribution in [0.3, 0.4) is 0 Å². The standard InChI is InChI=1S/C26H29N5O3/c1-5-8-22-28-24(26(2,3)33)23(25(32)34-4)31(22)16-17-11-13-18(14-12-17)19-9-6-7-10-20(19)21-15-27-30-29-21/h6-7,9-14,33H,5,8,15-16H2,1-4H3. The van der Waals surface area contributed by atoms with E-state index in [9.17, 15) is 9.90 Å². The summed E-state index contributed by atoms with van der Waals surface area (Å²) >= 11 is 0. The number of imidazole rings is 1. The summed E-state index contributed by atoms with van der Waals surface area (Å²) in [6.45, 7) is 6.24. The average Bonchev–Trinajstić information content (AvgIpc) is 3.48. The lowest BCUT2D eigenvalue weighted by molar-refractivity contribution is 0.0532. The molecular formula is C26H29N5O3. The van der Waals surface area contributed by atoms with Crippen LogP contribution in [0.15, 0.2) is 64.0 Å². The number of carbonyl (C=O) groups excluding carboxylic acids is 1. The number of carbonyl (C=O) groups is 1. The number of rotatable bonds is 8. The summed E-state index contributed by atoms with van der Waals surface area (Å²) in [5, 5.41) is 22.5. The third-order valence-corrected chi connectivity index (χ3v) is 5.77. The van der Waals surface area contributed by atoms with Gasteiger partial charge in [-0.2, -0.15) is 5.11 Å². The molecule has 0 bridgehead atoms. The van der Waals surface area contributed by atoms with Crippen LogP contribution >= 0.6 is 0 Å².